The molecule has 0 radical (unpaired) electrons. The molecule has 0 N–H and O–H groups in total. The molecular weight excluding hydrogens is 334 g/mol. The van der Waals surface area contributed by atoms with E-state index in [2.05, 4.69) is 37.1 Å². The third kappa shape index (κ3) is 3.41. The highest BCUT2D eigenvalue weighted by molar-refractivity contribution is 7.18. The topological polar surface area (TPSA) is 54.4 Å². The number of rotatable bonds is 4. The molecule has 0 aliphatic carbocycles. The summed E-state index contributed by atoms with van der Waals surface area (Å²) in [6, 6.07) is 14.1. The summed E-state index contributed by atoms with van der Waals surface area (Å²) in [5, 5.41) is 10.5. The lowest BCUT2D eigenvalue weighted by Gasteiger charge is -2.35. The first-order valence-corrected chi connectivity index (χ1v) is 9.04. The first-order chi connectivity index (χ1) is 12.3. The summed E-state index contributed by atoms with van der Waals surface area (Å²) >= 11 is 1.60. The molecule has 0 unspecified atom stereocenters. The van der Waals surface area contributed by atoms with Crippen molar-refractivity contribution in [2.45, 2.75) is 0 Å². The van der Waals surface area contributed by atoms with Crippen LogP contribution in [0.25, 0.3) is 10.7 Å². The van der Waals surface area contributed by atoms with Crippen LogP contribution in [0.5, 0.6) is 5.75 Å². The number of hydrogen-bond donors (Lipinski definition) is 0. The Balaban J connectivity index is 1.41. The molecule has 6 nitrogen and oxygen atoms in total. The highest BCUT2D eigenvalue weighted by Crippen LogP contribution is 2.28. The van der Waals surface area contributed by atoms with Crippen LogP contribution in [0.2, 0.25) is 0 Å². The van der Waals surface area contributed by atoms with Crippen molar-refractivity contribution in [3.8, 4) is 16.5 Å². The molecule has 0 saturated carbocycles. The van der Waals surface area contributed by atoms with E-state index in [1.165, 1.54) is 5.69 Å². The molecule has 0 amide bonds. The van der Waals surface area contributed by atoms with Crippen molar-refractivity contribution in [3.05, 3.63) is 48.7 Å². The number of nitrogens with zero attached hydrogens (tertiary/aromatic N) is 5. The Hall–Kier alpha value is -2.67. The van der Waals surface area contributed by atoms with E-state index in [0.29, 0.717) is 0 Å². The fourth-order valence-electron chi connectivity index (χ4n) is 2.89. The van der Waals surface area contributed by atoms with Crippen molar-refractivity contribution in [2.24, 2.45) is 0 Å². The largest absolute Gasteiger partial charge is 0.497 e. The molecule has 7 heteroatoms. The van der Waals surface area contributed by atoms with Gasteiger partial charge in [0.05, 0.1) is 7.11 Å². The van der Waals surface area contributed by atoms with E-state index >= 15 is 0 Å². The molecule has 1 saturated heterocycles. The first-order valence-electron chi connectivity index (χ1n) is 8.22. The molecule has 3 heterocycles. The van der Waals surface area contributed by atoms with Crippen LogP contribution >= 0.6 is 11.3 Å². The van der Waals surface area contributed by atoms with Crippen molar-refractivity contribution in [1.29, 1.82) is 0 Å². The number of piperazine rings is 1. The van der Waals surface area contributed by atoms with Gasteiger partial charge >= 0.3 is 0 Å². The fraction of sp³-hybridized carbons (Fsp3) is 0.278. The van der Waals surface area contributed by atoms with Gasteiger partial charge in [-0.1, -0.05) is 17.4 Å². The third-order valence-electron chi connectivity index (χ3n) is 4.29. The zero-order valence-corrected chi connectivity index (χ0v) is 14.8. The fourth-order valence-corrected chi connectivity index (χ4v) is 3.76. The number of anilines is 2. The smallest absolute Gasteiger partial charge is 0.208 e. The minimum absolute atomic E-state index is 0.869. The summed E-state index contributed by atoms with van der Waals surface area (Å²) in [6.07, 6.45) is 1.78. The molecule has 1 aromatic carbocycles. The van der Waals surface area contributed by atoms with Crippen LogP contribution in [-0.4, -0.2) is 48.5 Å². The van der Waals surface area contributed by atoms with Gasteiger partial charge in [0.15, 0.2) is 5.01 Å². The van der Waals surface area contributed by atoms with Gasteiger partial charge in [0.1, 0.15) is 11.4 Å². The SMILES string of the molecule is COc1ccc(N2CCN(c3nnc(-c4ccccn4)s3)CC2)cc1. The zero-order chi connectivity index (χ0) is 17.1. The van der Waals surface area contributed by atoms with Crippen molar-refractivity contribution in [2.75, 3.05) is 43.1 Å². The summed E-state index contributed by atoms with van der Waals surface area (Å²) < 4.78 is 5.22. The third-order valence-corrected chi connectivity index (χ3v) is 5.29. The maximum Gasteiger partial charge on any atom is 0.208 e. The van der Waals surface area contributed by atoms with Crippen LogP contribution < -0.4 is 14.5 Å². The highest BCUT2D eigenvalue weighted by Gasteiger charge is 2.21. The van der Waals surface area contributed by atoms with E-state index in [4.69, 9.17) is 4.74 Å². The average molecular weight is 353 g/mol. The number of pyridine rings is 1. The Morgan fingerprint density at radius 2 is 1.68 bits per heavy atom. The summed E-state index contributed by atoms with van der Waals surface area (Å²) in [5.74, 6) is 0.887. The monoisotopic (exact) mass is 353 g/mol. The van der Waals surface area contributed by atoms with Crippen LogP contribution in [0.3, 0.4) is 0 Å². The molecule has 128 valence electrons. The van der Waals surface area contributed by atoms with Crippen LogP contribution in [0.15, 0.2) is 48.7 Å². The van der Waals surface area contributed by atoms with E-state index in [9.17, 15) is 0 Å². The van der Waals surface area contributed by atoms with E-state index < -0.39 is 0 Å². The molecule has 0 bridgehead atoms. The predicted molar refractivity (Wildman–Crippen MR) is 101 cm³/mol. The lowest BCUT2D eigenvalue weighted by Crippen LogP contribution is -2.46. The molecule has 1 aliphatic rings. The van der Waals surface area contributed by atoms with Gasteiger partial charge < -0.3 is 14.5 Å². The lowest BCUT2D eigenvalue weighted by molar-refractivity contribution is 0.415. The minimum atomic E-state index is 0.869. The second-order valence-electron chi connectivity index (χ2n) is 5.78. The molecule has 2 aromatic heterocycles. The lowest BCUT2D eigenvalue weighted by atomic mass is 10.2. The molecule has 1 aliphatic heterocycles. The summed E-state index contributed by atoms with van der Waals surface area (Å²) in [6.45, 7) is 3.79. The van der Waals surface area contributed by atoms with Gasteiger partial charge in [-0.2, -0.15) is 0 Å². The highest BCUT2D eigenvalue weighted by atomic mass is 32.1. The van der Waals surface area contributed by atoms with E-state index in [-0.39, 0.29) is 0 Å². The Bertz CT molecular complexity index is 813. The Labute approximate surface area is 150 Å². The summed E-state index contributed by atoms with van der Waals surface area (Å²) in [4.78, 5) is 9.03. The van der Waals surface area contributed by atoms with Crippen molar-refractivity contribution >= 4 is 22.2 Å². The van der Waals surface area contributed by atoms with Gasteiger partial charge in [0.2, 0.25) is 5.13 Å². The molecule has 0 atom stereocenters. The molecule has 4 rings (SSSR count). The van der Waals surface area contributed by atoms with Crippen molar-refractivity contribution < 1.29 is 4.74 Å². The van der Waals surface area contributed by atoms with Gasteiger partial charge in [0.25, 0.3) is 0 Å². The van der Waals surface area contributed by atoms with Crippen LogP contribution in [-0.2, 0) is 0 Å². The van der Waals surface area contributed by atoms with E-state index in [1.54, 1.807) is 24.6 Å². The molecule has 25 heavy (non-hydrogen) atoms. The Morgan fingerprint density at radius 1 is 0.920 bits per heavy atom. The zero-order valence-electron chi connectivity index (χ0n) is 14.0. The number of aromatic nitrogens is 3. The first kappa shape index (κ1) is 15.8. The second-order valence-corrected chi connectivity index (χ2v) is 6.73. The summed E-state index contributed by atoms with van der Waals surface area (Å²) in [7, 11) is 1.69. The quantitative estimate of drug-likeness (QED) is 0.719. The van der Waals surface area contributed by atoms with Crippen LogP contribution in [0, 0.1) is 0 Å². The number of hydrogen-bond acceptors (Lipinski definition) is 7. The van der Waals surface area contributed by atoms with Gasteiger partial charge in [-0.25, -0.2) is 0 Å². The van der Waals surface area contributed by atoms with Crippen LogP contribution in [0.1, 0.15) is 0 Å². The number of benzene rings is 1. The molecule has 3 aromatic rings. The predicted octanol–water partition coefficient (Wildman–Crippen LogP) is 2.94. The van der Waals surface area contributed by atoms with Gasteiger partial charge in [-0.15, -0.1) is 10.2 Å². The van der Waals surface area contributed by atoms with E-state index in [0.717, 1.165) is 47.8 Å². The average Bonchev–Trinajstić information content (AvgIpc) is 3.19. The summed E-state index contributed by atoms with van der Waals surface area (Å²) in [5.41, 5.74) is 2.11. The second kappa shape index (κ2) is 7.06. The number of methoxy groups -OCH3 is 1. The maximum absolute atomic E-state index is 5.22. The standard InChI is InChI=1S/C18H19N5OS/c1-24-15-7-5-14(6-8-15)22-10-12-23(13-11-22)18-21-20-17(25-18)16-4-2-3-9-19-16/h2-9H,10-13H2,1H3. The van der Waals surface area contributed by atoms with Gasteiger partial charge in [0, 0.05) is 38.1 Å². The van der Waals surface area contributed by atoms with Crippen molar-refractivity contribution in [3.63, 3.8) is 0 Å². The normalized spacial score (nSPS) is 14.6. The molecule has 0 spiro atoms. The maximum atomic E-state index is 5.22. The molecular formula is C18H19N5OS. The number of ether oxygens (including phenoxy) is 1. The van der Waals surface area contributed by atoms with E-state index in [1.807, 2.05) is 30.3 Å². The van der Waals surface area contributed by atoms with Crippen LogP contribution in [0.4, 0.5) is 10.8 Å². The van der Waals surface area contributed by atoms with Gasteiger partial charge in [-0.3, -0.25) is 4.98 Å². The Kier molecular flexibility index (Phi) is 4.47. The van der Waals surface area contributed by atoms with Gasteiger partial charge in [-0.05, 0) is 36.4 Å². The Morgan fingerprint density at radius 3 is 2.36 bits per heavy atom. The minimum Gasteiger partial charge on any atom is -0.497 e. The van der Waals surface area contributed by atoms with Crippen molar-refractivity contribution in [1.82, 2.24) is 15.2 Å². The molecule has 1 fully saturated rings.